The molecule has 2 heterocycles. The van der Waals surface area contributed by atoms with Gasteiger partial charge in [0.15, 0.2) is 0 Å². The van der Waals surface area contributed by atoms with Crippen molar-refractivity contribution in [2.75, 3.05) is 13.1 Å². The fourth-order valence-electron chi connectivity index (χ4n) is 3.04. The summed E-state index contributed by atoms with van der Waals surface area (Å²) >= 11 is 5.95. The number of nitrogens with zero attached hydrogens (tertiary/aromatic N) is 5. The molecule has 122 valence electrons. The van der Waals surface area contributed by atoms with E-state index in [0.717, 1.165) is 37.4 Å². The van der Waals surface area contributed by atoms with Gasteiger partial charge in [0.05, 0.1) is 0 Å². The Morgan fingerprint density at radius 2 is 2.13 bits per heavy atom. The van der Waals surface area contributed by atoms with E-state index < -0.39 is 0 Å². The summed E-state index contributed by atoms with van der Waals surface area (Å²) in [6.07, 6.45) is 5.03. The molecule has 1 amide bonds. The average molecular weight is 334 g/mol. The van der Waals surface area contributed by atoms with Crippen molar-refractivity contribution in [3.8, 4) is 0 Å². The van der Waals surface area contributed by atoms with Crippen molar-refractivity contribution in [3.63, 3.8) is 0 Å². The van der Waals surface area contributed by atoms with Crippen molar-refractivity contribution in [1.82, 2.24) is 25.1 Å². The van der Waals surface area contributed by atoms with E-state index in [2.05, 4.69) is 27.7 Å². The van der Waals surface area contributed by atoms with Gasteiger partial charge in [-0.25, -0.2) is 4.68 Å². The Bertz CT molecular complexity index is 628. The number of aryl methyl sites for hydroxylation is 1. The lowest BCUT2D eigenvalue weighted by Crippen LogP contribution is -2.39. The minimum Gasteiger partial charge on any atom is -0.342 e. The highest BCUT2D eigenvalue weighted by atomic mass is 35.5. The van der Waals surface area contributed by atoms with Gasteiger partial charge in [0.1, 0.15) is 6.33 Å². The van der Waals surface area contributed by atoms with Crippen LogP contribution in [-0.2, 0) is 11.3 Å². The zero-order chi connectivity index (χ0) is 16.1. The van der Waals surface area contributed by atoms with Crippen LogP contribution in [0.15, 0.2) is 30.6 Å². The third-order valence-corrected chi connectivity index (χ3v) is 4.54. The van der Waals surface area contributed by atoms with Gasteiger partial charge in [-0.3, -0.25) is 4.79 Å². The standard InChI is InChI=1S/C16H20ClN5O/c17-15-7-5-13(6-8-15)14-3-1-9-21(11-14)16(23)4-2-10-22-12-18-19-20-22/h5-8,12,14H,1-4,9-11H2/t14-/m1/s1. The van der Waals surface area contributed by atoms with Crippen LogP contribution in [0.25, 0.3) is 0 Å². The van der Waals surface area contributed by atoms with Crippen molar-refractivity contribution in [3.05, 3.63) is 41.2 Å². The Morgan fingerprint density at radius 3 is 2.87 bits per heavy atom. The van der Waals surface area contributed by atoms with E-state index >= 15 is 0 Å². The topological polar surface area (TPSA) is 63.9 Å². The average Bonchev–Trinajstić information content (AvgIpc) is 3.09. The van der Waals surface area contributed by atoms with Crippen LogP contribution in [0.2, 0.25) is 5.02 Å². The Balaban J connectivity index is 1.51. The molecule has 1 aromatic carbocycles. The lowest BCUT2D eigenvalue weighted by Gasteiger charge is -2.33. The lowest BCUT2D eigenvalue weighted by atomic mass is 9.90. The molecule has 0 bridgehead atoms. The number of tetrazole rings is 1. The molecule has 1 atom stereocenters. The summed E-state index contributed by atoms with van der Waals surface area (Å²) in [5, 5.41) is 11.7. The van der Waals surface area contributed by atoms with E-state index in [0.29, 0.717) is 18.9 Å². The zero-order valence-corrected chi connectivity index (χ0v) is 13.7. The highest BCUT2D eigenvalue weighted by molar-refractivity contribution is 6.30. The fraction of sp³-hybridized carbons (Fsp3) is 0.500. The number of likely N-dealkylation sites (tertiary alicyclic amines) is 1. The quantitative estimate of drug-likeness (QED) is 0.843. The Labute approximate surface area is 140 Å². The summed E-state index contributed by atoms with van der Waals surface area (Å²) in [4.78, 5) is 14.4. The molecule has 1 saturated heterocycles. The molecule has 0 radical (unpaired) electrons. The third kappa shape index (κ3) is 4.28. The molecule has 0 unspecified atom stereocenters. The van der Waals surface area contributed by atoms with Gasteiger partial charge < -0.3 is 4.90 Å². The van der Waals surface area contributed by atoms with Gasteiger partial charge in [0.2, 0.25) is 5.91 Å². The van der Waals surface area contributed by atoms with Crippen LogP contribution in [0.5, 0.6) is 0 Å². The molecule has 1 aliphatic heterocycles. The molecule has 0 N–H and O–H groups in total. The van der Waals surface area contributed by atoms with Crippen LogP contribution < -0.4 is 0 Å². The molecule has 0 spiro atoms. The van der Waals surface area contributed by atoms with Crippen molar-refractivity contribution in [1.29, 1.82) is 0 Å². The van der Waals surface area contributed by atoms with E-state index in [1.165, 1.54) is 5.56 Å². The Hall–Kier alpha value is -1.95. The summed E-state index contributed by atoms with van der Waals surface area (Å²) < 4.78 is 1.65. The Kier molecular flexibility index (Phi) is 5.23. The normalized spacial score (nSPS) is 18.1. The summed E-state index contributed by atoms with van der Waals surface area (Å²) in [7, 11) is 0. The van der Waals surface area contributed by atoms with Crippen LogP contribution in [0, 0.1) is 0 Å². The SMILES string of the molecule is O=C(CCCn1cnnn1)N1CCC[C@@H](c2ccc(Cl)cc2)C1. The fourth-order valence-corrected chi connectivity index (χ4v) is 3.17. The molecule has 1 fully saturated rings. The number of carbonyl (C=O) groups is 1. The number of hydrogen-bond acceptors (Lipinski definition) is 4. The summed E-state index contributed by atoms with van der Waals surface area (Å²) in [5.41, 5.74) is 1.26. The minimum absolute atomic E-state index is 0.219. The maximum atomic E-state index is 12.4. The van der Waals surface area contributed by atoms with Gasteiger partial charge in [-0.05, 0) is 47.4 Å². The van der Waals surface area contributed by atoms with Gasteiger partial charge >= 0.3 is 0 Å². The van der Waals surface area contributed by atoms with E-state index in [9.17, 15) is 4.79 Å². The molecule has 3 rings (SSSR count). The van der Waals surface area contributed by atoms with E-state index in [1.807, 2.05) is 17.0 Å². The second-order valence-corrected chi connectivity index (χ2v) is 6.34. The number of aromatic nitrogens is 4. The molecule has 23 heavy (non-hydrogen) atoms. The molecular formula is C16H20ClN5O. The van der Waals surface area contributed by atoms with Crippen LogP contribution in [0.4, 0.5) is 0 Å². The number of rotatable bonds is 5. The van der Waals surface area contributed by atoms with E-state index in [1.54, 1.807) is 11.0 Å². The first-order chi connectivity index (χ1) is 11.2. The monoisotopic (exact) mass is 333 g/mol. The zero-order valence-electron chi connectivity index (χ0n) is 12.9. The number of hydrogen-bond donors (Lipinski definition) is 0. The minimum atomic E-state index is 0.219. The van der Waals surface area contributed by atoms with Crippen molar-refractivity contribution >= 4 is 17.5 Å². The first kappa shape index (κ1) is 15.9. The molecule has 7 heteroatoms. The number of carbonyl (C=O) groups excluding carboxylic acids is 1. The maximum absolute atomic E-state index is 12.4. The summed E-state index contributed by atoms with van der Waals surface area (Å²) in [5.74, 6) is 0.626. The number of halogens is 1. The van der Waals surface area contributed by atoms with E-state index in [4.69, 9.17) is 11.6 Å². The lowest BCUT2D eigenvalue weighted by molar-refractivity contribution is -0.132. The van der Waals surface area contributed by atoms with Crippen molar-refractivity contribution < 1.29 is 4.79 Å². The van der Waals surface area contributed by atoms with Gasteiger partial charge in [0.25, 0.3) is 0 Å². The van der Waals surface area contributed by atoms with Crippen LogP contribution >= 0.6 is 11.6 Å². The number of benzene rings is 1. The second kappa shape index (κ2) is 7.55. The molecular weight excluding hydrogens is 314 g/mol. The largest absolute Gasteiger partial charge is 0.342 e. The molecule has 0 saturated carbocycles. The van der Waals surface area contributed by atoms with Crippen LogP contribution in [0.3, 0.4) is 0 Å². The Morgan fingerprint density at radius 1 is 1.30 bits per heavy atom. The first-order valence-corrected chi connectivity index (χ1v) is 8.34. The van der Waals surface area contributed by atoms with Gasteiger partial charge in [-0.15, -0.1) is 5.10 Å². The smallest absolute Gasteiger partial charge is 0.222 e. The number of amides is 1. The molecule has 2 aromatic rings. The van der Waals surface area contributed by atoms with Crippen molar-refractivity contribution in [2.24, 2.45) is 0 Å². The highest BCUT2D eigenvalue weighted by Gasteiger charge is 2.24. The van der Waals surface area contributed by atoms with Gasteiger partial charge in [-0.2, -0.15) is 0 Å². The maximum Gasteiger partial charge on any atom is 0.222 e. The van der Waals surface area contributed by atoms with Crippen LogP contribution in [-0.4, -0.2) is 44.1 Å². The van der Waals surface area contributed by atoms with Gasteiger partial charge in [-0.1, -0.05) is 23.7 Å². The second-order valence-electron chi connectivity index (χ2n) is 5.91. The molecule has 0 aliphatic carbocycles. The number of piperidine rings is 1. The van der Waals surface area contributed by atoms with Crippen molar-refractivity contribution in [2.45, 2.75) is 38.1 Å². The molecule has 1 aliphatic rings. The predicted octanol–water partition coefficient (Wildman–Crippen LogP) is 2.51. The third-order valence-electron chi connectivity index (χ3n) is 4.28. The van der Waals surface area contributed by atoms with Crippen LogP contribution in [0.1, 0.15) is 37.2 Å². The highest BCUT2D eigenvalue weighted by Crippen LogP contribution is 2.28. The first-order valence-electron chi connectivity index (χ1n) is 7.96. The van der Waals surface area contributed by atoms with E-state index in [-0.39, 0.29) is 5.91 Å². The molecule has 6 nitrogen and oxygen atoms in total. The predicted molar refractivity (Wildman–Crippen MR) is 87.1 cm³/mol. The summed E-state index contributed by atoms with van der Waals surface area (Å²) in [6, 6.07) is 7.98. The summed E-state index contributed by atoms with van der Waals surface area (Å²) in [6.45, 7) is 2.33. The molecule has 1 aromatic heterocycles. The van der Waals surface area contributed by atoms with Gasteiger partial charge in [0, 0.05) is 37.0 Å².